The molecule has 3 N–H and O–H groups in total. The van der Waals surface area contributed by atoms with Crippen molar-refractivity contribution in [2.24, 2.45) is 0 Å². The van der Waals surface area contributed by atoms with Gasteiger partial charge in [-0.2, -0.15) is 10.1 Å². The number of hydrogen-bond acceptors (Lipinski definition) is 8. The molecule has 12 heteroatoms. The number of carbonyl (C=O) groups is 1. The second kappa shape index (κ2) is 10.2. The third-order valence-corrected chi connectivity index (χ3v) is 7.10. The first-order valence-corrected chi connectivity index (χ1v) is 11.9. The van der Waals surface area contributed by atoms with E-state index in [-0.39, 0.29) is 50.1 Å². The Morgan fingerprint density at radius 3 is 2.75 bits per heavy atom. The lowest BCUT2D eigenvalue weighted by Crippen LogP contribution is -2.65. The van der Waals surface area contributed by atoms with Gasteiger partial charge in [0.2, 0.25) is 0 Å². The number of aliphatic hydroxyl groups excluding tert-OH is 1. The van der Waals surface area contributed by atoms with Crippen LogP contribution in [0.4, 0.5) is 20.8 Å². The zero-order valence-electron chi connectivity index (χ0n) is 21.2. The highest BCUT2D eigenvalue weighted by Crippen LogP contribution is 2.42. The van der Waals surface area contributed by atoms with Crippen molar-refractivity contribution in [3.8, 4) is 6.01 Å². The lowest BCUT2D eigenvalue weighted by Gasteiger charge is -2.50. The summed E-state index contributed by atoms with van der Waals surface area (Å²) in [5, 5.41) is 19.2. The number of piperazine rings is 1. The maximum Gasteiger partial charge on any atom is 0.321 e. The fourth-order valence-corrected chi connectivity index (χ4v) is 4.62. The Morgan fingerprint density at radius 1 is 1.33 bits per heavy atom. The number of nitrogens with one attached hydrogen (secondary N) is 2. The third-order valence-electron chi connectivity index (χ3n) is 7.10. The van der Waals surface area contributed by atoms with Crippen LogP contribution in [0.25, 0.3) is 0 Å². The molecule has 2 aliphatic rings. The molecule has 2 aliphatic heterocycles. The average Bonchev–Trinajstić information content (AvgIpc) is 3.31. The predicted molar refractivity (Wildman–Crippen MR) is 135 cm³/mol. The highest BCUT2D eigenvalue weighted by Gasteiger charge is 2.47. The van der Waals surface area contributed by atoms with Gasteiger partial charge in [0, 0.05) is 43.3 Å². The Labute approximate surface area is 212 Å². The predicted octanol–water partition coefficient (Wildman–Crippen LogP) is 3.06. The molecule has 2 aromatic rings. The maximum atomic E-state index is 14.5. The number of aliphatic hydroxyl groups is 1. The van der Waals surface area contributed by atoms with Crippen LogP contribution in [0.5, 0.6) is 6.01 Å². The summed E-state index contributed by atoms with van der Waals surface area (Å²) in [4.78, 5) is 27.7. The van der Waals surface area contributed by atoms with E-state index in [4.69, 9.17) is 9.84 Å². The number of H-pyrrole nitrogens is 1. The Hall–Kier alpha value is -2.99. The van der Waals surface area contributed by atoms with Gasteiger partial charge in [-0.15, -0.1) is 0 Å². The summed E-state index contributed by atoms with van der Waals surface area (Å²) in [7, 11) is 2.09. The van der Waals surface area contributed by atoms with Gasteiger partial charge in [-0.25, -0.2) is 14.2 Å². The molecule has 0 saturated carbocycles. The molecule has 0 bridgehead atoms. The highest BCUT2D eigenvalue weighted by molar-refractivity contribution is 5.78. The van der Waals surface area contributed by atoms with Crippen LogP contribution in [0, 0.1) is 5.82 Å². The molecule has 1 fully saturated rings. The number of amides is 2. The molecule has 1 atom stereocenters. The van der Waals surface area contributed by atoms with E-state index in [9.17, 15) is 9.18 Å². The maximum absolute atomic E-state index is 14.5. The molecule has 0 radical (unpaired) electrons. The number of rotatable bonds is 6. The van der Waals surface area contributed by atoms with Crippen LogP contribution in [0.1, 0.15) is 59.7 Å². The van der Waals surface area contributed by atoms with Gasteiger partial charge in [0.25, 0.3) is 0 Å². The number of fused-ring (bicyclic) bond motifs is 1. The third kappa shape index (κ3) is 4.96. The molecule has 200 valence electrons. The summed E-state index contributed by atoms with van der Waals surface area (Å²) in [6, 6.07) is 0.0377. The summed E-state index contributed by atoms with van der Waals surface area (Å²) in [6.07, 6.45) is 1.44. The first kappa shape index (κ1) is 27.6. The van der Waals surface area contributed by atoms with Crippen molar-refractivity contribution in [2.75, 3.05) is 38.7 Å². The summed E-state index contributed by atoms with van der Waals surface area (Å²) < 4.78 is 19.8. The number of nitrogens with zero attached hydrogens (tertiary/aromatic N) is 6. The van der Waals surface area contributed by atoms with Gasteiger partial charge in [-0.3, -0.25) is 10.00 Å². The number of ether oxygens (including phenoxy) is 1. The van der Waals surface area contributed by atoms with Crippen molar-refractivity contribution in [3.63, 3.8) is 0 Å². The van der Waals surface area contributed by atoms with Gasteiger partial charge < -0.3 is 25.0 Å². The van der Waals surface area contributed by atoms with Crippen LogP contribution in [-0.4, -0.2) is 90.9 Å². The van der Waals surface area contributed by atoms with Gasteiger partial charge in [-0.1, -0.05) is 7.43 Å². The van der Waals surface area contributed by atoms with Crippen LogP contribution in [0.15, 0.2) is 6.20 Å². The quantitative estimate of drug-likeness (QED) is 0.511. The molecule has 4 rings (SSSR count). The molecular weight excluding hydrogens is 467 g/mol. The minimum absolute atomic E-state index is 0. The minimum Gasteiger partial charge on any atom is -0.463 e. The molecule has 1 saturated heterocycles. The van der Waals surface area contributed by atoms with Crippen molar-refractivity contribution in [3.05, 3.63) is 23.3 Å². The Kier molecular flexibility index (Phi) is 7.80. The van der Waals surface area contributed by atoms with Crippen molar-refractivity contribution >= 4 is 17.7 Å². The number of aromatic amines is 1. The highest BCUT2D eigenvalue weighted by atomic mass is 19.1. The van der Waals surface area contributed by atoms with E-state index in [1.165, 1.54) is 0 Å². The SMILES string of the molecule is C.C[C@H]1CN(C)C(C)(C)CN1C(=O)N1Cc2c(Nc3nc(OCCCO)ncc3F)n[nH]c2C1(C)C. The van der Waals surface area contributed by atoms with E-state index in [1.807, 2.05) is 23.6 Å². The molecule has 0 unspecified atom stereocenters. The largest absolute Gasteiger partial charge is 0.463 e. The van der Waals surface area contributed by atoms with E-state index in [2.05, 4.69) is 58.2 Å². The summed E-state index contributed by atoms with van der Waals surface area (Å²) >= 11 is 0. The Bertz CT molecular complexity index is 1090. The number of hydrogen-bond donors (Lipinski definition) is 3. The zero-order valence-corrected chi connectivity index (χ0v) is 21.2. The number of anilines is 2. The van der Waals surface area contributed by atoms with E-state index in [1.54, 1.807) is 0 Å². The monoisotopic (exact) mass is 506 g/mol. The van der Waals surface area contributed by atoms with Crippen LogP contribution < -0.4 is 10.1 Å². The number of urea groups is 1. The van der Waals surface area contributed by atoms with Crippen molar-refractivity contribution in [1.29, 1.82) is 0 Å². The zero-order chi connectivity index (χ0) is 25.5. The molecule has 2 aromatic heterocycles. The first-order valence-electron chi connectivity index (χ1n) is 11.9. The van der Waals surface area contributed by atoms with Gasteiger partial charge in [0.1, 0.15) is 0 Å². The normalized spacial score (nSPS) is 20.6. The summed E-state index contributed by atoms with van der Waals surface area (Å²) in [5.41, 5.74) is 0.819. The second-order valence-corrected chi connectivity index (χ2v) is 10.4. The van der Waals surface area contributed by atoms with Gasteiger partial charge in [0.15, 0.2) is 17.5 Å². The number of halogens is 1. The Morgan fingerprint density at radius 2 is 2.06 bits per heavy atom. The smallest absolute Gasteiger partial charge is 0.321 e. The second-order valence-electron chi connectivity index (χ2n) is 10.4. The summed E-state index contributed by atoms with van der Waals surface area (Å²) in [6.45, 7) is 12.2. The minimum atomic E-state index is -0.657. The molecule has 0 spiro atoms. The fourth-order valence-electron chi connectivity index (χ4n) is 4.62. The lowest BCUT2D eigenvalue weighted by molar-refractivity contribution is 0.00695. The standard InChI is InChI=1S/C23H35FN8O3.CH4/c1-14-11-30(6)22(2,3)13-31(14)21(34)32-12-15-17(23(32,4)5)28-29-18(15)26-19-16(24)10-25-20(27-19)35-9-7-8-33;/h10,14,33H,7-9,11-13H2,1-6H3,(H2,25,26,27,28,29);1H4/t14-;/m0./s1. The molecule has 11 nitrogen and oxygen atoms in total. The van der Waals surface area contributed by atoms with Crippen LogP contribution in [0.3, 0.4) is 0 Å². The van der Waals surface area contributed by atoms with Gasteiger partial charge in [0.05, 0.1) is 30.6 Å². The Balaban J connectivity index is 0.00000361. The molecular formula is C24H39FN8O3. The van der Waals surface area contributed by atoms with Gasteiger partial charge >= 0.3 is 12.0 Å². The van der Waals surface area contributed by atoms with E-state index >= 15 is 0 Å². The summed E-state index contributed by atoms with van der Waals surface area (Å²) in [5.74, 6) is -0.339. The molecule has 0 aliphatic carbocycles. The molecule has 0 aromatic carbocycles. The first-order chi connectivity index (χ1) is 16.5. The van der Waals surface area contributed by atoms with Gasteiger partial charge in [-0.05, 0) is 41.7 Å². The molecule has 2 amide bonds. The van der Waals surface area contributed by atoms with Crippen molar-refractivity contribution in [1.82, 2.24) is 34.9 Å². The number of carbonyl (C=O) groups excluding carboxylic acids is 1. The average molecular weight is 507 g/mol. The van der Waals surface area contributed by atoms with Crippen LogP contribution in [-0.2, 0) is 12.1 Å². The van der Waals surface area contributed by atoms with E-state index in [0.29, 0.717) is 25.3 Å². The molecule has 4 heterocycles. The topological polar surface area (TPSA) is 123 Å². The number of aromatic nitrogens is 4. The van der Waals surface area contributed by atoms with E-state index < -0.39 is 11.4 Å². The van der Waals surface area contributed by atoms with E-state index in [0.717, 1.165) is 24.0 Å². The van der Waals surface area contributed by atoms with Crippen LogP contribution >= 0.6 is 0 Å². The fraction of sp³-hybridized carbons (Fsp3) is 0.667. The van der Waals surface area contributed by atoms with Crippen LogP contribution in [0.2, 0.25) is 0 Å². The lowest BCUT2D eigenvalue weighted by atomic mass is 9.96. The van der Waals surface area contributed by atoms with Crippen molar-refractivity contribution < 1.29 is 19.0 Å². The number of likely N-dealkylation sites (N-methyl/N-ethyl adjacent to an activating group) is 1. The van der Waals surface area contributed by atoms with Crippen molar-refractivity contribution in [2.45, 2.75) is 72.1 Å². The molecule has 36 heavy (non-hydrogen) atoms.